The van der Waals surface area contributed by atoms with Gasteiger partial charge in [0.05, 0.1) is 0 Å². The largest absolute Gasteiger partial charge is 0.482 e. The van der Waals surface area contributed by atoms with Crippen LogP contribution < -0.4 is 4.74 Å². The van der Waals surface area contributed by atoms with Crippen LogP contribution in [0.5, 0.6) is 5.75 Å². The molecule has 98 valence electrons. The van der Waals surface area contributed by atoms with Gasteiger partial charge in [0.1, 0.15) is 5.75 Å². The van der Waals surface area contributed by atoms with Crippen molar-refractivity contribution in [3.63, 3.8) is 0 Å². The number of esters is 2. The standard InChI is InChI=1S/C14H18O4/c1-10(15)18-13(16)9-17-12-7-5-11(6-8-12)14(2,3)4/h5-8H,9H2,1-4H3. The van der Waals surface area contributed by atoms with Crippen molar-refractivity contribution in [2.45, 2.75) is 33.1 Å². The minimum atomic E-state index is -0.692. The van der Waals surface area contributed by atoms with Gasteiger partial charge in [-0.1, -0.05) is 32.9 Å². The van der Waals surface area contributed by atoms with Gasteiger partial charge in [-0.2, -0.15) is 0 Å². The lowest BCUT2D eigenvalue weighted by Crippen LogP contribution is -2.17. The highest BCUT2D eigenvalue weighted by Gasteiger charge is 2.13. The summed E-state index contributed by atoms with van der Waals surface area (Å²) in [6, 6.07) is 7.49. The van der Waals surface area contributed by atoms with E-state index in [1.807, 2.05) is 12.1 Å². The molecule has 0 saturated carbocycles. The first kappa shape index (κ1) is 14.2. The highest BCUT2D eigenvalue weighted by atomic mass is 16.6. The Morgan fingerprint density at radius 1 is 1.11 bits per heavy atom. The zero-order chi connectivity index (χ0) is 13.8. The summed E-state index contributed by atoms with van der Waals surface area (Å²) in [5.74, 6) is -0.752. The Kier molecular flexibility index (Phi) is 4.48. The summed E-state index contributed by atoms with van der Waals surface area (Å²) in [5.41, 5.74) is 1.26. The molecule has 0 N–H and O–H groups in total. The summed E-state index contributed by atoms with van der Waals surface area (Å²) in [6.45, 7) is 7.26. The average Bonchev–Trinajstić information content (AvgIpc) is 2.25. The lowest BCUT2D eigenvalue weighted by atomic mass is 9.87. The molecule has 0 unspecified atom stereocenters. The van der Waals surface area contributed by atoms with E-state index in [4.69, 9.17) is 4.74 Å². The van der Waals surface area contributed by atoms with E-state index in [0.29, 0.717) is 5.75 Å². The molecule has 0 radical (unpaired) electrons. The molecule has 0 aliphatic rings. The molecule has 1 aromatic carbocycles. The fraction of sp³-hybridized carbons (Fsp3) is 0.429. The van der Waals surface area contributed by atoms with E-state index in [9.17, 15) is 9.59 Å². The van der Waals surface area contributed by atoms with Gasteiger partial charge in [-0.05, 0) is 23.1 Å². The van der Waals surface area contributed by atoms with Crippen molar-refractivity contribution >= 4 is 11.9 Å². The van der Waals surface area contributed by atoms with Crippen LogP contribution in [0.4, 0.5) is 0 Å². The molecular formula is C14H18O4. The second-order valence-corrected chi connectivity index (χ2v) is 5.03. The Balaban J connectivity index is 2.54. The van der Waals surface area contributed by atoms with Gasteiger partial charge in [0.25, 0.3) is 0 Å². The Bertz CT molecular complexity index is 426. The molecule has 0 amide bonds. The monoisotopic (exact) mass is 250 g/mol. The van der Waals surface area contributed by atoms with Crippen molar-refractivity contribution in [1.82, 2.24) is 0 Å². The Hall–Kier alpha value is -1.84. The Labute approximate surface area is 107 Å². The van der Waals surface area contributed by atoms with Gasteiger partial charge >= 0.3 is 11.9 Å². The fourth-order valence-corrected chi connectivity index (χ4v) is 1.38. The maximum absolute atomic E-state index is 11.1. The van der Waals surface area contributed by atoms with Crippen molar-refractivity contribution < 1.29 is 19.1 Å². The van der Waals surface area contributed by atoms with Gasteiger partial charge in [-0.25, -0.2) is 4.79 Å². The number of carbonyl (C=O) groups excluding carboxylic acids is 2. The third-order valence-corrected chi connectivity index (χ3v) is 2.33. The molecule has 0 saturated heterocycles. The molecule has 0 heterocycles. The van der Waals surface area contributed by atoms with Gasteiger partial charge in [0, 0.05) is 6.92 Å². The van der Waals surface area contributed by atoms with E-state index in [1.165, 1.54) is 12.5 Å². The van der Waals surface area contributed by atoms with E-state index in [1.54, 1.807) is 12.1 Å². The Morgan fingerprint density at radius 3 is 2.11 bits per heavy atom. The number of carbonyl (C=O) groups is 2. The summed E-state index contributed by atoms with van der Waals surface area (Å²) < 4.78 is 9.56. The average molecular weight is 250 g/mol. The number of ether oxygens (including phenoxy) is 2. The molecule has 4 heteroatoms. The lowest BCUT2D eigenvalue weighted by Gasteiger charge is -2.19. The summed E-state index contributed by atoms with van der Waals surface area (Å²) >= 11 is 0. The van der Waals surface area contributed by atoms with Gasteiger partial charge in [-0.15, -0.1) is 0 Å². The van der Waals surface area contributed by atoms with Crippen LogP contribution in [0.1, 0.15) is 33.3 Å². The highest BCUT2D eigenvalue weighted by Crippen LogP contribution is 2.24. The molecule has 0 fully saturated rings. The van der Waals surface area contributed by atoms with Crippen molar-refractivity contribution in [1.29, 1.82) is 0 Å². The molecule has 0 aliphatic carbocycles. The van der Waals surface area contributed by atoms with Crippen LogP contribution in [-0.2, 0) is 19.7 Å². The molecule has 1 aromatic rings. The fourth-order valence-electron chi connectivity index (χ4n) is 1.38. The normalized spacial score (nSPS) is 10.9. The van der Waals surface area contributed by atoms with Gasteiger partial charge < -0.3 is 9.47 Å². The number of benzene rings is 1. The second-order valence-electron chi connectivity index (χ2n) is 5.03. The summed E-state index contributed by atoms with van der Waals surface area (Å²) in [6.07, 6.45) is 0. The van der Waals surface area contributed by atoms with Crippen LogP contribution in [0.15, 0.2) is 24.3 Å². The third kappa shape index (κ3) is 4.57. The molecular weight excluding hydrogens is 232 g/mol. The van der Waals surface area contributed by atoms with Crippen molar-refractivity contribution in [2.24, 2.45) is 0 Å². The summed E-state index contributed by atoms with van der Waals surface area (Å²) in [7, 11) is 0. The highest BCUT2D eigenvalue weighted by molar-refractivity contribution is 5.84. The molecule has 18 heavy (non-hydrogen) atoms. The quantitative estimate of drug-likeness (QED) is 0.610. The van der Waals surface area contributed by atoms with E-state index < -0.39 is 11.9 Å². The van der Waals surface area contributed by atoms with Crippen LogP contribution >= 0.6 is 0 Å². The first-order chi connectivity index (χ1) is 8.29. The first-order valence-corrected chi connectivity index (χ1v) is 5.73. The van der Waals surface area contributed by atoms with Crippen LogP contribution in [-0.4, -0.2) is 18.5 Å². The maximum atomic E-state index is 11.1. The second kappa shape index (κ2) is 5.67. The van der Waals surface area contributed by atoms with E-state index in [2.05, 4.69) is 25.5 Å². The maximum Gasteiger partial charge on any atom is 0.351 e. The topological polar surface area (TPSA) is 52.6 Å². The predicted octanol–water partition coefficient (Wildman–Crippen LogP) is 2.45. The molecule has 1 rings (SSSR count). The van der Waals surface area contributed by atoms with Crippen molar-refractivity contribution in [3.8, 4) is 5.75 Å². The third-order valence-electron chi connectivity index (χ3n) is 2.33. The number of hydrogen-bond donors (Lipinski definition) is 0. The number of hydrogen-bond acceptors (Lipinski definition) is 4. The lowest BCUT2D eigenvalue weighted by molar-refractivity contribution is -0.159. The zero-order valence-corrected chi connectivity index (χ0v) is 11.1. The Morgan fingerprint density at radius 2 is 1.67 bits per heavy atom. The van der Waals surface area contributed by atoms with Crippen molar-refractivity contribution in [3.05, 3.63) is 29.8 Å². The first-order valence-electron chi connectivity index (χ1n) is 5.73. The van der Waals surface area contributed by atoms with E-state index in [0.717, 1.165) is 0 Å². The number of rotatable bonds is 3. The molecule has 4 nitrogen and oxygen atoms in total. The van der Waals surface area contributed by atoms with Gasteiger partial charge in [-0.3, -0.25) is 4.79 Å². The molecule has 0 atom stereocenters. The van der Waals surface area contributed by atoms with Crippen LogP contribution in [0.25, 0.3) is 0 Å². The summed E-state index contributed by atoms with van der Waals surface area (Å²) in [5, 5.41) is 0. The molecule has 0 aromatic heterocycles. The van der Waals surface area contributed by atoms with Gasteiger partial charge in [0.15, 0.2) is 6.61 Å². The minimum Gasteiger partial charge on any atom is -0.482 e. The van der Waals surface area contributed by atoms with Crippen molar-refractivity contribution in [2.75, 3.05) is 6.61 Å². The summed E-state index contributed by atoms with van der Waals surface area (Å²) in [4.78, 5) is 21.6. The van der Waals surface area contributed by atoms with E-state index in [-0.39, 0.29) is 12.0 Å². The van der Waals surface area contributed by atoms with Crippen LogP contribution in [0, 0.1) is 0 Å². The predicted molar refractivity (Wildman–Crippen MR) is 67.4 cm³/mol. The smallest absolute Gasteiger partial charge is 0.351 e. The van der Waals surface area contributed by atoms with Crippen LogP contribution in [0.3, 0.4) is 0 Å². The molecule has 0 bridgehead atoms. The molecule has 0 spiro atoms. The molecule has 0 aliphatic heterocycles. The van der Waals surface area contributed by atoms with E-state index >= 15 is 0 Å². The van der Waals surface area contributed by atoms with Gasteiger partial charge in [0.2, 0.25) is 0 Å². The zero-order valence-electron chi connectivity index (χ0n) is 11.1. The minimum absolute atomic E-state index is 0.0755. The SMILES string of the molecule is CC(=O)OC(=O)COc1ccc(C(C)(C)C)cc1. The van der Waals surface area contributed by atoms with Crippen LogP contribution in [0.2, 0.25) is 0 Å².